The van der Waals surface area contributed by atoms with Gasteiger partial charge in [-0.3, -0.25) is 14.5 Å². The third kappa shape index (κ3) is 3.38. The summed E-state index contributed by atoms with van der Waals surface area (Å²) in [6, 6.07) is -0.414. The van der Waals surface area contributed by atoms with Crippen LogP contribution in [-0.4, -0.2) is 47.4 Å². The van der Waals surface area contributed by atoms with Crippen LogP contribution in [-0.2, 0) is 10.2 Å². The van der Waals surface area contributed by atoms with Crippen molar-refractivity contribution in [2.75, 3.05) is 19.6 Å². The number of nitrogens with one attached hydrogen (secondary N) is 2. The summed E-state index contributed by atoms with van der Waals surface area (Å²) in [4.78, 5) is 40.8. The molecular formula is C13H18N4O3S. The van der Waals surface area contributed by atoms with Crippen molar-refractivity contribution < 1.29 is 14.4 Å². The molecule has 1 aromatic rings. The first-order chi connectivity index (χ1) is 9.80. The molecule has 0 unspecified atom stereocenters. The Hall–Kier alpha value is -1.96. The molecule has 2 heterocycles. The van der Waals surface area contributed by atoms with Crippen molar-refractivity contribution in [1.82, 2.24) is 20.5 Å². The quantitative estimate of drug-likeness (QED) is 0.802. The van der Waals surface area contributed by atoms with Gasteiger partial charge >= 0.3 is 6.03 Å². The summed E-state index contributed by atoms with van der Waals surface area (Å²) in [5.41, 5.74) is 2.18. The molecule has 21 heavy (non-hydrogen) atoms. The van der Waals surface area contributed by atoms with Gasteiger partial charge in [0.1, 0.15) is 4.88 Å². The zero-order valence-corrected chi connectivity index (χ0v) is 13.0. The Morgan fingerprint density at radius 2 is 2.19 bits per heavy atom. The zero-order valence-electron chi connectivity index (χ0n) is 12.2. The summed E-state index contributed by atoms with van der Waals surface area (Å²) in [6.45, 7) is 6.39. The second-order valence-corrected chi connectivity index (χ2v) is 6.59. The van der Waals surface area contributed by atoms with Crippen LogP contribution < -0.4 is 10.6 Å². The molecule has 1 aliphatic rings. The molecule has 1 aliphatic heterocycles. The van der Waals surface area contributed by atoms with Gasteiger partial charge in [-0.15, -0.1) is 11.3 Å². The van der Waals surface area contributed by atoms with Crippen molar-refractivity contribution >= 4 is 29.2 Å². The highest BCUT2D eigenvalue weighted by Crippen LogP contribution is 2.26. The number of aromatic nitrogens is 1. The Kier molecular flexibility index (Phi) is 4.26. The molecule has 7 nitrogen and oxygen atoms in total. The van der Waals surface area contributed by atoms with Crippen LogP contribution in [0.3, 0.4) is 0 Å². The van der Waals surface area contributed by atoms with Gasteiger partial charge in [0.05, 0.1) is 17.7 Å². The van der Waals surface area contributed by atoms with E-state index in [0.717, 1.165) is 10.6 Å². The molecule has 0 aliphatic carbocycles. The maximum atomic E-state index is 12.2. The maximum Gasteiger partial charge on any atom is 0.324 e. The molecule has 114 valence electrons. The summed E-state index contributed by atoms with van der Waals surface area (Å²) < 4.78 is 0. The van der Waals surface area contributed by atoms with E-state index in [2.05, 4.69) is 15.6 Å². The fraction of sp³-hybridized carbons (Fsp3) is 0.538. The molecule has 2 rings (SSSR count). The fourth-order valence-corrected chi connectivity index (χ4v) is 2.90. The van der Waals surface area contributed by atoms with Gasteiger partial charge in [-0.05, 0) is 0 Å². The highest BCUT2D eigenvalue weighted by Gasteiger charge is 2.28. The minimum atomic E-state index is -0.414. The summed E-state index contributed by atoms with van der Waals surface area (Å²) in [6.07, 6.45) is 0. The number of hydrogen-bond donors (Lipinski definition) is 2. The fourth-order valence-electron chi connectivity index (χ4n) is 1.98. The van der Waals surface area contributed by atoms with Crippen LogP contribution >= 0.6 is 11.3 Å². The van der Waals surface area contributed by atoms with Crippen molar-refractivity contribution in [2.45, 2.75) is 26.2 Å². The standard InChI is InChI=1S/C13H18N4O3S/c1-13(2,3)10-9(21-7-16-10)11(19)14-4-5-17-8(18)6-15-12(17)20/h7H,4-6H2,1-3H3,(H,14,19)(H,15,20). The third-order valence-electron chi connectivity index (χ3n) is 3.04. The van der Waals surface area contributed by atoms with E-state index < -0.39 is 6.03 Å². The van der Waals surface area contributed by atoms with E-state index in [1.54, 1.807) is 5.51 Å². The number of hydrogen-bond acceptors (Lipinski definition) is 5. The molecule has 8 heteroatoms. The Balaban J connectivity index is 1.93. The van der Waals surface area contributed by atoms with Crippen LogP contribution in [0.4, 0.5) is 4.79 Å². The molecule has 1 aromatic heterocycles. The average Bonchev–Trinajstić information content (AvgIpc) is 2.99. The second kappa shape index (κ2) is 5.80. The summed E-state index contributed by atoms with van der Waals surface area (Å²) in [5, 5.41) is 5.15. The number of thiazole rings is 1. The van der Waals surface area contributed by atoms with E-state index in [0.29, 0.717) is 4.88 Å². The normalized spacial score (nSPS) is 15.3. The first-order valence-corrected chi connectivity index (χ1v) is 7.49. The second-order valence-electron chi connectivity index (χ2n) is 5.74. The van der Waals surface area contributed by atoms with Crippen molar-refractivity contribution in [3.8, 4) is 0 Å². The number of imide groups is 1. The van der Waals surface area contributed by atoms with Gasteiger partial charge in [0.25, 0.3) is 5.91 Å². The molecule has 0 aromatic carbocycles. The van der Waals surface area contributed by atoms with Crippen LogP contribution in [0, 0.1) is 0 Å². The molecule has 0 radical (unpaired) electrons. The van der Waals surface area contributed by atoms with Crippen LogP contribution in [0.2, 0.25) is 0 Å². The van der Waals surface area contributed by atoms with Crippen LogP contribution in [0.15, 0.2) is 5.51 Å². The summed E-state index contributed by atoms with van der Waals surface area (Å²) in [7, 11) is 0. The highest BCUT2D eigenvalue weighted by atomic mass is 32.1. The molecule has 2 N–H and O–H groups in total. The summed E-state index contributed by atoms with van der Waals surface area (Å²) in [5.74, 6) is -0.503. The molecule has 0 spiro atoms. The van der Waals surface area contributed by atoms with Crippen molar-refractivity contribution in [3.05, 3.63) is 16.1 Å². The molecule has 1 fully saturated rings. The van der Waals surface area contributed by atoms with Crippen LogP contribution in [0.1, 0.15) is 36.1 Å². The SMILES string of the molecule is CC(C)(C)c1ncsc1C(=O)NCCN1C(=O)CNC1=O. The smallest absolute Gasteiger partial charge is 0.324 e. The van der Waals surface area contributed by atoms with Gasteiger partial charge in [-0.2, -0.15) is 0 Å². The van der Waals surface area contributed by atoms with Gasteiger partial charge < -0.3 is 10.6 Å². The number of urea groups is 1. The lowest BCUT2D eigenvalue weighted by atomic mass is 9.91. The topological polar surface area (TPSA) is 91.4 Å². The lowest BCUT2D eigenvalue weighted by molar-refractivity contribution is -0.124. The molecular weight excluding hydrogens is 292 g/mol. The first kappa shape index (κ1) is 15.4. The lowest BCUT2D eigenvalue weighted by Crippen LogP contribution is -2.38. The highest BCUT2D eigenvalue weighted by molar-refractivity contribution is 7.11. The maximum absolute atomic E-state index is 12.2. The minimum Gasteiger partial charge on any atom is -0.349 e. The molecule has 0 saturated carbocycles. The molecule has 4 amide bonds. The number of rotatable bonds is 4. The predicted octanol–water partition coefficient (Wildman–Crippen LogP) is 0.722. The average molecular weight is 310 g/mol. The summed E-state index contributed by atoms with van der Waals surface area (Å²) >= 11 is 1.29. The number of carbonyl (C=O) groups is 3. The molecule has 1 saturated heterocycles. The van der Waals surface area contributed by atoms with Crippen molar-refractivity contribution in [2.24, 2.45) is 0 Å². The Bertz CT molecular complexity index is 560. The van der Waals surface area contributed by atoms with E-state index in [1.807, 2.05) is 20.8 Å². The largest absolute Gasteiger partial charge is 0.349 e. The van der Waals surface area contributed by atoms with Gasteiger partial charge in [-0.1, -0.05) is 20.8 Å². The Morgan fingerprint density at radius 3 is 2.76 bits per heavy atom. The molecule has 0 bridgehead atoms. The first-order valence-electron chi connectivity index (χ1n) is 6.61. The van der Waals surface area contributed by atoms with Gasteiger partial charge in [0.15, 0.2) is 0 Å². The van der Waals surface area contributed by atoms with Crippen molar-refractivity contribution in [3.63, 3.8) is 0 Å². The predicted molar refractivity (Wildman–Crippen MR) is 78.3 cm³/mol. The number of carbonyl (C=O) groups excluding carboxylic acids is 3. The van der Waals surface area contributed by atoms with Gasteiger partial charge in [0.2, 0.25) is 5.91 Å². The lowest BCUT2D eigenvalue weighted by Gasteiger charge is -2.17. The van der Waals surface area contributed by atoms with E-state index in [9.17, 15) is 14.4 Å². The van der Waals surface area contributed by atoms with E-state index >= 15 is 0 Å². The van der Waals surface area contributed by atoms with Gasteiger partial charge in [-0.25, -0.2) is 9.78 Å². The van der Waals surface area contributed by atoms with Gasteiger partial charge in [0, 0.05) is 18.5 Å². The minimum absolute atomic E-state index is 0.0236. The number of amides is 4. The van der Waals surface area contributed by atoms with E-state index in [1.165, 1.54) is 11.3 Å². The van der Waals surface area contributed by atoms with E-state index in [4.69, 9.17) is 0 Å². The zero-order chi connectivity index (χ0) is 15.6. The number of nitrogens with zero attached hydrogens (tertiary/aromatic N) is 2. The van der Waals surface area contributed by atoms with E-state index in [-0.39, 0.29) is 36.9 Å². The Labute approximate surface area is 126 Å². The third-order valence-corrected chi connectivity index (χ3v) is 3.87. The Morgan fingerprint density at radius 1 is 1.48 bits per heavy atom. The van der Waals surface area contributed by atoms with Crippen LogP contribution in [0.25, 0.3) is 0 Å². The monoisotopic (exact) mass is 310 g/mol. The van der Waals surface area contributed by atoms with Crippen molar-refractivity contribution in [1.29, 1.82) is 0 Å². The van der Waals surface area contributed by atoms with Crippen LogP contribution in [0.5, 0.6) is 0 Å². The molecule has 0 atom stereocenters.